The minimum atomic E-state index is -0.155. The maximum absolute atomic E-state index is 13.1. The van der Waals surface area contributed by atoms with Crippen LogP contribution in [0.15, 0.2) is 24.3 Å². The Kier molecular flexibility index (Phi) is 8.60. The van der Waals surface area contributed by atoms with Crippen molar-refractivity contribution in [1.29, 1.82) is 0 Å². The van der Waals surface area contributed by atoms with Crippen LogP contribution in [0.3, 0.4) is 0 Å². The summed E-state index contributed by atoms with van der Waals surface area (Å²) in [6.45, 7) is 9.04. The van der Waals surface area contributed by atoms with E-state index in [1.807, 2.05) is 12.1 Å². The second kappa shape index (κ2) is 9.94. The topological polar surface area (TPSA) is 12.0 Å². The smallest absolute Gasteiger partial charge is 0.123 e. The van der Waals surface area contributed by atoms with Crippen molar-refractivity contribution in [2.45, 2.75) is 78.3 Å². The summed E-state index contributed by atoms with van der Waals surface area (Å²) in [7, 11) is 0. The molecule has 0 aliphatic heterocycles. The van der Waals surface area contributed by atoms with Gasteiger partial charge in [0.25, 0.3) is 0 Å². The van der Waals surface area contributed by atoms with Gasteiger partial charge in [-0.2, -0.15) is 0 Å². The van der Waals surface area contributed by atoms with Gasteiger partial charge >= 0.3 is 0 Å². The average Bonchev–Trinajstić information content (AvgIpc) is 2.44. The molecule has 0 aliphatic rings. The van der Waals surface area contributed by atoms with Crippen molar-refractivity contribution in [2.24, 2.45) is 5.92 Å². The number of hydrogen-bond acceptors (Lipinski definition) is 1. The molecule has 0 heterocycles. The highest BCUT2D eigenvalue weighted by molar-refractivity contribution is 5.20. The molecule has 1 rings (SSSR count). The number of nitrogens with one attached hydrogen (secondary N) is 1. The molecule has 21 heavy (non-hydrogen) atoms. The van der Waals surface area contributed by atoms with E-state index in [9.17, 15) is 4.39 Å². The standard InChI is InChI=1S/C19H32FN/c1-5-6-10-19(17-11-13-18(20)14-12-17)21-16(4)9-7-8-15(2)3/h11-16,19,21H,5-10H2,1-4H3. The van der Waals surface area contributed by atoms with E-state index in [2.05, 4.69) is 33.0 Å². The molecule has 2 heteroatoms. The van der Waals surface area contributed by atoms with Crippen LogP contribution in [0, 0.1) is 11.7 Å². The summed E-state index contributed by atoms with van der Waals surface area (Å²) in [5.41, 5.74) is 1.21. The molecule has 120 valence electrons. The summed E-state index contributed by atoms with van der Waals surface area (Å²) < 4.78 is 13.1. The summed E-state index contributed by atoms with van der Waals surface area (Å²) >= 11 is 0. The normalized spacial score (nSPS) is 14.4. The molecule has 0 saturated carbocycles. The maximum Gasteiger partial charge on any atom is 0.123 e. The zero-order valence-electron chi connectivity index (χ0n) is 14.2. The lowest BCUT2D eigenvalue weighted by atomic mass is 9.98. The van der Waals surface area contributed by atoms with Gasteiger partial charge in [0.15, 0.2) is 0 Å². The van der Waals surface area contributed by atoms with Crippen LogP contribution in [0.25, 0.3) is 0 Å². The van der Waals surface area contributed by atoms with Crippen LogP contribution in [0.5, 0.6) is 0 Å². The van der Waals surface area contributed by atoms with Crippen molar-refractivity contribution < 1.29 is 4.39 Å². The van der Waals surface area contributed by atoms with E-state index in [-0.39, 0.29) is 5.82 Å². The second-order valence-corrected chi connectivity index (χ2v) is 6.64. The molecule has 1 N–H and O–H groups in total. The van der Waals surface area contributed by atoms with Gasteiger partial charge in [0, 0.05) is 12.1 Å². The molecule has 0 bridgehead atoms. The summed E-state index contributed by atoms with van der Waals surface area (Å²) in [4.78, 5) is 0. The number of halogens is 1. The molecule has 0 aliphatic carbocycles. The highest BCUT2D eigenvalue weighted by Gasteiger charge is 2.14. The molecule has 1 nitrogen and oxygen atoms in total. The third-order valence-corrected chi connectivity index (χ3v) is 4.02. The van der Waals surface area contributed by atoms with Gasteiger partial charge in [-0.25, -0.2) is 4.39 Å². The summed E-state index contributed by atoms with van der Waals surface area (Å²) in [6.07, 6.45) is 7.30. The molecule has 0 fully saturated rings. The van der Waals surface area contributed by atoms with Crippen LogP contribution in [-0.2, 0) is 0 Å². The Bertz CT molecular complexity index is 372. The first kappa shape index (κ1) is 18.2. The fourth-order valence-electron chi connectivity index (χ4n) is 2.71. The first-order valence-electron chi connectivity index (χ1n) is 8.54. The SMILES string of the molecule is CCCCC(NC(C)CCCC(C)C)c1ccc(F)cc1. The Hall–Kier alpha value is -0.890. The van der Waals surface area contributed by atoms with E-state index in [0.29, 0.717) is 12.1 Å². The van der Waals surface area contributed by atoms with Gasteiger partial charge in [-0.15, -0.1) is 0 Å². The molecule has 0 amide bonds. The zero-order valence-corrected chi connectivity index (χ0v) is 14.2. The molecule has 1 aromatic carbocycles. The molecule has 0 saturated heterocycles. The fourth-order valence-corrected chi connectivity index (χ4v) is 2.71. The van der Waals surface area contributed by atoms with Gasteiger partial charge in [-0.1, -0.05) is 58.6 Å². The van der Waals surface area contributed by atoms with E-state index >= 15 is 0 Å². The summed E-state index contributed by atoms with van der Waals surface area (Å²) in [6, 6.07) is 7.83. The quantitative estimate of drug-likeness (QED) is 0.569. The Labute approximate surface area is 130 Å². The Morgan fingerprint density at radius 1 is 0.952 bits per heavy atom. The predicted molar refractivity (Wildman–Crippen MR) is 90.0 cm³/mol. The molecule has 2 unspecified atom stereocenters. The number of hydrogen-bond donors (Lipinski definition) is 1. The van der Waals surface area contributed by atoms with E-state index in [4.69, 9.17) is 0 Å². The second-order valence-electron chi connectivity index (χ2n) is 6.64. The monoisotopic (exact) mass is 293 g/mol. The van der Waals surface area contributed by atoms with E-state index < -0.39 is 0 Å². The van der Waals surface area contributed by atoms with Crippen LogP contribution >= 0.6 is 0 Å². The van der Waals surface area contributed by atoms with Crippen molar-refractivity contribution in [1.82, 2.24) is 5.32 Å². The molecule has 1 aromatic rings. The molecular weight excluding hydrogens is 261 g/mol. The van der Waals surface area contributed by atoms with Crippen molar-refractivity contribution in [3.05, 3.63) is 35.6 Å². The fraction of sp³-hybridized carbons (Fsp3) is 0.684. The molecule has 0 radical (unpaired) electrons. The number of rotatable bonds is 10. The molecule has 0 spiro atoms. The Balaban J connectivity index is 2.54. The third-order valence-electron chi connectivity index (χ3n) is 4.02. The largest absolute Gasteiger partial charge is 0.307 e. The number of benzene rings is 1. The van der Waals surface area contributed by atoms with Crippen LogP contribution in [-0.4, -0.2) is 6.04 Å². The Morgan fingerprint density at radius 2 is 1.62 bits per heavy atom. The average molecular weight is 293 g/mol. The highest BCUT2D eigenvalue weighted by atomic mass is 19.1. The van der Waals surface area contributed by atoms with Crippen LogP contribution < -0.4 is 5.32 Å². The van der Waals surface area contributed by atoms with E-state index in [1.165, 1.54) is 37.7 Å². The summed E-state index contributed by atoms with van der Waals surface area (Å²) in [5.74, 6) is 0.628. The van der Waals surface area contributed by atoms with Gasteiger partial charge in [-0.05, 0) is 43.4 Å². The van der Waals surface area contributed by atoms with Crippen molar-refractivity contribution in [2.75, 3.05) is 0 Å². The van der Waals surface area contributed by atoms with Gasteiger partial charge in [0.05, 0.1) is 0 Å². The minimum Gasteiger partial charge on any atom is -0.307 e. The van der Waals surface area contributed by atoms with Gasteiger partial charge in [-0.3, -0.25) is 0 Å². The lowest BCUT2D eigenvalue weighted by molar-refractivity contribution is 0.390. The van der Waals surface area contributed by atoms with Gasteiger partial charge in [0.2, 0.25) is 0 Å². The van der Waals surface area contributed by atoms with Gasteiger partial charge < -0.3 is 5.32 Å². The molecule has 0 aromatic heterocycles. The minimum absolute atomic E-state index is 0.155. The Morgan fingerprint density at radius 3 is 2.19 bits per heavy atom. The van der Waals surface area contributed by atoms with Crippen LogP contribution in [0.2, 0.25) is 0 Å². The van der Waals surface area contributed by atoms with Crippen LogP contribution in [0.1, 0.15) is 77.8 Å². The lowest BCUT2D eigenvalue weighted by Gasteiger charge is -2.24. The van der Waals surface area contributed by atoms with Crippen molar-refractivity contribution in [3.8, 4) is 0 Å². The lowest BCUT2D eigenvalue weighted by Crippen LogP contribution is -2.30. The zero-order chi connectivity index (χ0) is 15.7. The first-order valence-corrected chi connectivity index (χ1v) is 8.54. The third kappa shape index (κ3) is 7.61. The predicted octanol–water partition coefficient (Wildman–Crippen LogP) is 5.86. The molecule has 2 atom stereocenters. The first-order chi connectivity index (χ1) is 10.0. The van der Waals surface area contributed by atoms with Crippen molar-refractivity contribution in [3.63, 3.8) is 0 Å². The maximum atomic E-state index is 13.1. The van der Waals surface area contributed by atoms with Crippen molar-refractivity contribution >= 4 is 0 Å². The number of unbranched alkanes of at least 4 members (excludes halogenated alkanes) is 1. The van der Waals surface area contributed by atoms with E-state index in [1.54, 1.807) is 12.1 Å². The van der Waals surface area contributed by atoms with E-state index in [0.717, 1.165) is 12.3 Å². The molecular formula is C19H32FN. The highest BCUT2D eigenvalue weighted by Crippen LogP contribution is 2.21. The van der Waals surface area contributed by atoms with Gasteiger partial charge in [0.1, 0.15) is 5.82 Å². The van der Waals surface area contributed by atoms with Crippen LogP contribution in [0.4, 0.5) is 4.39 Å². The summed E-state index contributed by atoms with van der Waals surface area (Å²) in [5, 5.41) is 3.74.